The van der Waals surface area contributed by atoms with E-state index in [-0.39, 0.29) is 11.3 Å². The van der Waals surface area contributed by atoms with E-state index >= 15 is 0 Å². The zero-order chi connectivity index (χ0) is 12.3. The third-order valence-electron chi connectivity index (χ3n) is 2.85. The molecular weight excluding hydrogens is 223 g/mol. The fourth-order valence-corrected chi connectivity index (χ4v) is 1.92. The molecule has 1 unspecified atom stereocenters. The maximum Gasteiger partial charge on any atom is 0.252 e. The summed E-state index contributed by atoms with van der Waals surface area (Å²) >= 11 is 0. The number of carbonyl (C=O) groups is 2. The van der Waals surface area contributed by atoms with Gasteiger partial charge in [-0.3, -0.25) is 9.59 Å². The summed E-state index contributed by atoms with van der Waals surface area (Å²) in [5, 5.41) is 2.63. The summed E-state index contributed by atoms with van der Waals surface area (Å²) < 4.78 is 12.8. The van der Waals surface area contributed by atoms with Crippen molar-refractivity contribution in [2.75, 3.05) is 0 Å². The number of hydrogen-bond donors (Lipinski definition) is 1. The van der Waals surface area contributed by atoms with Crippen LogP contribution in [0.5, 0.6) is 0 Å². The highest BCUT2D eigenvalue weighted by Gasteiger charge is 2.24. The highest BCUT2D eigenvalue weighted by Crippen LogP contribution is 2.15. The van der Waals surface area contributed by atoms with Crippen molar-refractivity contribution in [2.24, 2.45) is 0 Å². The number of amides is 1. The first-order chi connectivity index (χ1) is 8.16. The molecule has 1 saturated carbocycles. The van der Waals surface area contributed by atoms with Crippen molar-refractivity contribution in [3.05, 3.63) is 29.8 Å². The molecule has 0 bridgehead atoms. The molecule has 1 fully saturated rings. The minimum Gasteiger partial charge on any atom is -0.342 e. The molecule has 17 heavy (non-hydrogen) atoms. The Kier molecular flexibility index (Phi) is 3.46. The second-order valence-corrected chi connectivity index (χ2v) is 4.11. The molecule has 1 aliphatic rings. The van der Waals surface area contributed by atoms with E-state index in [1.54, 1.807) is 0 Å². The Labute approximate surface area is 98.2 Å². The van der Waals surface area contributed by atoms with Crippen LogP contribution in [-0.4, -0.2) is 22.7 Å². The molecule has 5 heteroatoms. The molecule has 4 nitrogen and oxygen atoms in total. The molecular formula is C12H13FN2O2. The third-order valence-corrected chi connectivity index (χ3v) is 2.85. The van der Waals surface area contributed by atoms with Crippen LogP contribution in [0.2, 0.25) is 0 Å². The molecule has 1 amide bonds. The summed E-state index contributed by atoms with van der Waals surface area (Å²) in [4.78, 5) is 26.7. The first-order valence-corrected chi connectivity index (χ1v) is 5.62. The number of ketones is 1. The van der Waals surface area contributed by atoms with Crippen molar-refractivity contribution < 1.29 is 14.0 Å². The van der Waals surface area contributed by atoms with E-state index in [1.165, 1.54) is 12.3 Å². The number of aromatic nitrogens is 1. The molecule has 1 aromatic rings. The molecule has 0 saturated heterocycles. The van der Waals surface area contributed by atoms with Crippen molar-refractivity contribution in [3.8, 4) is 0 Å². The normalized spacial score (nSPS) is 20.1. The van der Waals surface area contributed by atoms with E-state index in [0.717, 1.165) is 18.9 Å². The van der Waals surface area contributed by atoms with E-state index in [0.29, 0.717) is 12.8 Å². The van der Waals surface area contributed by atoms with Crippen LogP contribution >= 0.6 is 0 Å². The predicted octanol–water partition coefficient (Wildman–Crippen LogP) is 1.46. The average Bonchev–Trinajstić information content (AvgIpc) is 2.32. The van der Waals surface area contributed by atoms with Crippen LogP contribution in [0.3, 0.4) is 0 Å². The lowest BCUT2D eigenvalue weighted by Gasteiger charge is -2.21. The van der Waals surface area contributed by atoms with Crippen molar-refractivity contribution in [1.82, 2.24) is 10.3 Å². The first-order valence-electron chi connectivity index (χ1n) is 5.62. The van der Waals surface area contributed by atoms with E-state index in [4.69, 9.17) is 0 Å². The first kappa shape index (κ1) is 11.7. The zero-order valence-electron chi connectivity index (χ0n) is 9.28. The Morgan fingerprint density at radius 3 is 3.00 bits per heavy atom. The third kappa shape index (κ3) is 2.87. The smallest absolute Gasteiger partial charge is 0.252 e. The van der Waals surface area contributed by atoms with E-state index in [9.17, 15) is 14.0 Å². The van der Waals surface area contributed by atoms with Crippen LogP contribution in [0.15, 0.2) is 18.3 Å². The van der Waals surface area contributed by atoms with Gasteiger partial charge in [-0.05, 0) is 18.9 Å². The molecule has 2 rings (SSSR count). The molecule has 1 aromatic heterocycles. The number of halogens is 1. The monoisotopic (exact) mass is 236 g/mol. The summed E-state index contributed by atoms with van der Waals surface area (Å²) in [5.41, 5.74) is 0.191. The molecule has 0 spiro atoms. The van der Waals surface area contributed by atoms with Crippen molar-refractivity contribution in [2.45, 2.75) is 31.7 Å². The van der Waals surface area contributed by atoms with Crippen LogP contribution in [0.25, 0.3) is 0 Å². The average molecular weight is 236 g/mol. The largest absolute Gasteiger partial charge is 0.342 e. The summed E-state index contributed by atoms with van der Waals surface area (Å²) in [6, 6.07) is 2.06. The van der Waals surface area contributed by atoms with Crippen LogP contribution in [0, 0.1) is 5.95 Å². The summed E-state index contributed by atoms with van der Waals surface area (Å²) in [6.07, 6.45) is 4.22. The SMILES string of the molecule is O=C(NC1CCCCC1=O)c1ccnc(F)c1. The maximum absolute atomic E-state index is 12.8. The number of carbonyl (C=O) groups excluding carboxylic acids is 2. The van der Waals surface area contributed by atoms with Crippen molar-refractivity contribution in [3.63, 3.8) is 0 Å². The van der Waals surface area contributed by atoms with Gasteiger partial charge in [0.05, 0.1) is 6.04 Å². The molecule has 1 atom stereocenters. The number of nitrogens with zero attached hydrogens (tertiary/aromatic N) is 1. The maximum atomic E-state index is 12.8. The minimum absolute atomic E-state index is 0.0547. The van der Waals surface area contributed by atoms with Crippen LogP contribution < -0.4 is 5.32 Å². The number of pyridine rings is 1. The second kappa shape index (κ2) is 5.03. The molecule has 0 radical (unpaired) electrons. The standard InChI is InChI=1S/C12H13FN2O2/c13-11-7-8(5-6-14-11)12(17)15-9-3-1-2-4-10(9)16/h5-7,9H,1-4H2,(H,15,17). The Morgan fingerprint density at radius 1 is 1.47 bits per heavy atom. The van der Waals surface area contributed by atoms with E-state index in [2.05, 4.69) is 10.3 Å². The van der Waals surface area contributed by atoms with Gasteiger partial charge in [0, 0.05) is 24.2 Å². The van der Waals surface area contributed by atoms with Gasteiger partial charge < -0.3 is 5.32 Å². The van der Waals surface area contributed by atoms with Crippen molar-refractivity contribution >= 4 is 11.7 Å². The number of nitrogens with one attached hydrogen (secondary N) is 1. The van der Waals surface area contributed by atoms with Gasteiger partial charge in [-0.15, -0.1) is 0 Å². The van der Waals surface area contributed by atoms with Crippen LogP contribution in [0.4, 0.5) is 4.39 Å². The molecule has 1 heterocycles. The van der Waals surface area contributed by atoms with Gasteiger partial charge in [0.25, 0.3) is 5.91 Å². The molecule has 90 valence electrons. The molecule has 1 N–H and O–H groups in total. The molecule has 1 aliphatic carbocycles. The highest BCUT2D eigenvalue weighted by molar-refractivity contribution is 5.97. The Hall–Kier alpha value is -1.78. The summed E-state index contributed by atoms with van der Waals surface area (Å²) in [5.74, 6) is -1.07. The Morgan fingerprint density at radius 2 is 2.29 bits per heavy atom. The fourth-order valence-electron chi connectivity index (χ4n) is 1.92. The lowest BCUT2D eigenvalue weighted by Crippen LogP contribution is -2.42. The van der Waals surface area contributed by atoms with E-state index in [1.807, 2.05) is 0 Å². The van der Waals surface area contributed by atoms with Gasteiger partial charge in [0.1, 0.15) is 0 Å². The summed E-state index contributed by atoms with van der Waals surface area (Å²) in [6.45, 7) is 0. The quantitative estimate of drug-likeness (QED) is 0.791. The molecule has 0 aromatic carbocycles. The lowest BCUT2D eigenvalue weighted by atomic mass is 9.94. The Bertz CT molecular complexity index is 448. The van der Waals surface area contributed by atoms with Crippen LogP contribution in [0.1, 0.15) is 36.0 Å². The number of hydrogen-bond acceptors (Lipinski definition) is 3. The zero-order valence-corrected chi connectivity index (χ0v) is 9.28. The van der Waals surface area contributed by atoms with Gasteiger partial charge in [-0.1, -0.05) is 6.42 Å². The predicted molar refractivity (Wildman–Crippen MR) is 58.9 cm³/mol. The molecule has 0 aliphatic heterocycles. The number of Topliss-reactive ketones (excluding diaryl/α,β-unsaturated/α-hetero) is 1. The van der Waals surface area contributed by atoms with Crippen LogP contribution in [-0.2, 0) is 4.79 Å². The topological polar surface area (TPSA) is 59.1 Å². The van der Waals surface area contributed by atoms with Gasteiger partial charge in [-0.2, -0.15) is 4.39 Å². The minimum atomic E-state index is -0.701. The van der Waals surface area contributed by atoms with Gasteiger partial charge in [0.2, 0.25) is 5.95 Å². The highest BCUT2D eigenvalue weighted by atomic mass is 19.1. The van der Waals surface area contributed by atoms with Gasteiger partial charge in [0.15, 0.2) is 5.78 Å². The fraction of sp³-hybridized carbons (Fsp3) is 0.417. The second-order valence-electron chi connectivity index (χ2n) is 4.11. The Balaban J connectivity index is 2.03. The van der Waals surface area contributed by atoms with Gasteiger partial charge >= 0.3 is 0 Å². The summed E-state index contributed by atoms with van der Waals surface area (Å²) in [7, 11) is 0. The number of rotatable bonds is 2. The van der Waals surface area contributed by atoms with E-state index < -0.39 is 17.9 Å². The lowest BCUT2D eigenvalue weighted by molar-refractivity contribution is -0.122. The van der Waals surface area contributed by atoms with Gasteiger partial charge in [-0.25, -0.2) is 4.98 Å². The van der Waals surface area contributed by atoms with Crippen molar-refractivity contribution in [1.29, 1.82) is 0 Å².